The molecular weight excluding hydrogens is 281 g/mol. The second-order valence-corrected chi connectivity index (χ2v) is 5.60. The maximum atomic E-state index is 12.9. The Balaban J connectivity index is 2.13. The Bertz CT molecular complexity index is 506. The van der Waals surface area contributed by atoms with Crippen molar-refractivity contribution in [3.05, 3.63) is 35.4 Å². The lowest BCUT2D eigenvalue weighted by atomic mass is 10.0. The van der Waals surface area contributed by atoms with Crippen molar-refractivity contribution in [2.24, 2.45) is 0 Å². The highest BCUT2D eigenvalue weighted by molar-refractivity contribution is 5.79. The van der Waals surface area contributed by atoms with Crippen molar-refractivity contribution in [1.29, 1.82) is 0 Å². The number of nitrogens with zero attached hydrogens (tertiary/aromatic N) is 1. The van der Waals surface area contributed by atoms with Gasteiger partial charge in [0.1, 0.15) is 0 Å². The summed E-state index contributed by atoms with van der Waals surface area (Å²) in [6.07, 6.45) is -4.64. The Labute approximate surface area is 122 Å². The number of nitrogens with one attached hydrogen (secondary N) is 1. The number of benzene rings is 1. The molecule has 21 heavy (non-hydrogen) atoms. The van der Waals surface area contributed by atoms with Crippen molar-refractivity contribution in [2.75, 3.05) is 13.1 Å². The molecule has 0 aliphatic carbocycles. The van der Waals surface area contributed by atoms with Gasteiger partial charge >= 0.3 is 6.18 Å². The van der Waals surface area contributed by atoms with Gasteiger partial charge in [0, 0.05) is 25.2 Å². The van der Waals surface area contributed by atoms with Crippen LogP contribution in [0.15, 0.2) is 24.3 Å². The minimum absolute atomic E-state index is 0.0360. The van der Waals surface area contributed by atoms with Gasteiger partial charge in [-0.3, -0.25) is 4.79 Å². The maximum Gasteiger partial charge on any atom is 0.416 e. The summed E-state index contributed by atoms with van der Waals surface area (Å²) >= 11 is 0. The van der Waals surface area contributed by atoms with Gasteiger partial charge in [0.15, 0.2) is 0 Å². The number of carbonyl (C=O) groups is 1. The first-order valence-corrected chi connectivity index (χ1v) is 6.96. The molecule has 1 fully saturated rings. The summed E-state index contributed by atoms with van der Waals surface area (Å²) in [6.45, 7) is 4.97. The van der Waals surface area contributed by atoms with Gasteiger partial charge in [-0.25, -0.2) is 0 Å². The van der Waals surface area contributed by atoms with Crippen LogP contribution in [0, 0.1) is 0 Å². The Morgan fingerprint density at radius 3 is 2.38 bits per heavy atom. The molecular formula is C15H19F3N2O. The van der Waals surface area contributed by atoms with E-state index in [-0.39, 0.29) is 30.0 Å². The van der Waals surface area contributed by atoms with Gasteiger partial charge < -0.3 is 10.2 Å². The van der Waals surface area contributed by atoms with Gasteiger partial charge in [0.2, 0.25) is 5.91 Å². The van der Waals surface area contributed by atoms with E-state index in [0.29, 0.717) is 13.1 Å². The lowest BCUT2D eigenvalue weighted by molar-refractivity contribution is -0.139. The Morgan fingerprint density at radius 2 is 1.81 bits per heavy atom. The largest absolute Gasteiger partial charge is 0.416 e. The molecule has 1 saturated heterocycles. The molecule has 3 nitrogen and oxygen atoms in total. The summed E-state index contributed by atoms with van der Waals surface area (Å²) in [4.78, 5) is 13.9. The topological polar surface area (TPSA) is 32.3 Å². The van der Waals surface area contributed by atoms with Gasteiger partial charge in [-0.15, -0.1) is 0 Å². The second kappa shape index (κ2) is 6.05. The number of hydrogen-bond acceptors (Lipinski definition) is 2. The predicted molar refractivity (Wildman–Crippen MR) is 73.8 cm³/mol. The number of alkyl halides is 3. The third kappa shape index (κ3) is 3.97. The van der Waals surface area contributed by atoms with Crippen molar-refractivity contribution < 1.29 is 18.0 Å². The molecule has 1 aliphatic rings. The fraction of sp³-hybridized carbons (Fsp3) is 0.533. The first kappa shape index (κ1) is 15.8. The molecule has 0 aromatic heterocycles. The van der Waals surface area contributed by atoms with Crippen LogP contribution in [0.5, 0.6) is 0 Å². The van der Waals surface area contributed by atoms with Gasteiger partial charge in [-0.2, -0.15) is 13.2 Å². The van der Waals surface area contributed by atoms with E-state index in [1.165, 1.54) is 18.2 Å². The number of halogens is 3. The fourth-order valence-corrected chi connectivity index (χ4v) is 2.76. The Kier molecular flexibility index (Phi) is 4.56. The summed E-state index contributed by atoms with van der Waals surface area (Å²) in [7, 11) is 0. The predicted octanol–water partition coefficient (Wildman–Crippen LogP) is 2.46. The fourth-order valence-electron chi connectivity index (χ4n) is 2.76. The Morgan fingerprint density at radius 1 is 1.24 bits per heavy atom. The van der Waals surface area contributed by atoms with Crippen molar-refractivity contribution in [1.82, 2.24) is 10.2 Å². The van der Waals surface area contributed by atoms with Gasteiger partial charge in [0.25, 0.3) is 0 Å². The van der Waals surface area contributed by atoms with Crippen molar-refractivity contribution in [3.63, 3.8) is 0 Å². The zero-order valence-electron chi connectivity index (χ0n) is 12.1. The van der Waals surface area contributed by atoms with E-state index in [1.54, 1.807) is 4.90 Å². The molecule has 0 spiro atoms. The summed E-state index contributed by atoms with van der Waals surface area (Å²) < 4.78 is 38.8. The van der Waals surface area contributed by atoms with Crippen LogP contribution >= 0.6 is 0 Å². The van der Waals surface area contributed by atoms with Crippen LogP contribution in [-0.4, -0.2) is 36.0 Å². The summed E-state index contributed by atoms with van der Waals surface area (Å²) in [5.74, 6) is -0.258. The average molecular weight is 300 g/mol. The molecule has 2 atom stereocenters. The van der Waals surface area contributed by atoms with Crippen LogP contribution in [0.25, 0.3) is 0 Å². The average Bonchev–Trinajstić information content (AvgIpc) is 2.37. The molecule has 1 aromatic carbocycles. The molecule has 1 aromatic rings. The molecule has 1 amide bonds. The highest BCUT2D eigenvalue weighted by Crippen LogP contribution is 2.32. The Hall–Kier alpha value is -1.56. The van der Waals surface area contributed by atoms with Crippen LogP contribution in [0.4, 0.5) is 13.2 Å². The van der Waals surface area contributed by atoms with Crippen LogP contribution < -0.4 is 5.32 Å². The minimum atomic E-state index is -4.43. The third-order valence-electron chi connectivity index (χ3n) is 3.57. The van der Waals surface area contributed by atoms with Crippen molar-refractivity contribution >= 4 is 5.91 Å². The molecule has 1 heterocycles. The van der Waals surface area contributed by atoms with E-state index in [0.717, 1.165) is 6.07 Å². The van der Waals surface area contributed by atoms with E-state index >= 15 is 0 Å². The molecule has 1 aliphatic heterocycles. The first-order valence-electron chi connectivity index (χ1n) is 6.96. The van der Waals surface area contributed by atoms with Crippen LogP contribution in [0.3, 0.4) is 0 Å². The third-order valence-corrected chi connectivity index (χ3v) is 3.57. The monoisotopic (exact) mass is 300 g/mol. The highest BCUT2D eigenvalue weighted by atomic mass is 19.4. The molecule has 0 bridgehead atoms. The highest BCUT2D eigenvalue weighted by Gasteiger charge is 2.34. The lowest BCUT2D eigenvalue weighted by Crippen LogP contribution is -2.56. The zero-order valence-corrected chi connectivity index (χ0v) is 12.1. The molecule has 116 valence electrons. The molecule has 1 N–H and O–H groups in total. The van der Waals surface area contributed by atoms with E-state index in [4.69, 9.17) is 0 Å². The quantitative estimate of drug-likeness (QED) is 0.910. The number of rotatable bonds is 2. The molecule has 0 radical (unpaired) electrons. The summed E-state index contributed by atoms with van der Waals surface area (Å²) in [5, 5.41) is 3.29. The number of carbonyl (C=O) groups excluding carboxylic acids is 1. The lowest BCUT2D eigenvalue weighted by Gasteiger charge is -2.36. The molecule has 6 heteroatoms. The SMILES string of the molecule is CC1CN(C(=O)Cc2ccccc2C(F)(F)F)CC(C)N1. The number of hydrogen-bond donors (Lipinski definition) is 1. The maximum absolute atomic E-state index is 12.9. The molecule has 2 unspecified atom stereocenters. The normalized spacial score (nSPS) is 23.2. The summed E-state index contributed by atoms with van der Waals surface area (Å²) in [6, 6.07) is 5.56. The minimum Gasteiger partial charge on any atom is -0.339 e. The second-order valence-electron chi connectivity index (χ2n) is 5.60. The van der Waals surface area contributed by atoms with Gasteiger partial charge in [-0.1, -0.05) is 18.2 Å². The first-order chi connectivity index (χ1) is 9.77. The molecule has 0 saturated carbocycles. The molecule has 2 rings (SSSR count). The van der Waals surface area contributed by atoms with Crippen LogP contribution in [0.2, 0.25) is 0 Å². The van der Waals surface area contributed by atoms with Gasteiger partial charge in [0.05, 0.1) is 12.0 Å². The smallest absolute Gasteiger partial charge is 0.339 e. The van der Waals surface area contributed by atoms with E-state index in [1.807, 2.05) is 13.8 Å². The van der Waals surface area contributed by atoms with Crippen molar-refractivity contribution in [2.45, 2.75) is 38.5 Å². The van der Waals surface area contributed by atoms with Crippen molar-refractivity contribution in [3.8, 4) is 0 Å². The van der Waals surface area contributed by atoms with Gasteiger partial charge in [-0.05, 0) is 25.5 Å². The van der Waals surface area contributed by atoms with E-state index in [2.05, 4.69) is 5.32 Å². The number of amides is 1. The van der Waals surface area contributed by atoms with E-state index in [9.17, 15) is 18.0 Å². The van der Waals surface area contributed by atoms with E-state index < -0.39 is 11.7 Å². The zero-order chi connectivity index (χ0) is 15.6. The summed E-state index contributed by atoms with van der Waals surface area (Å²) in [5.41, 5.74) is -0.691. The van der Waals surface area contributed by atoms with Crippen LogP contribution in [-0.2, 0) is 17.4 Å². The van der Waals surface area contributed by atoms with Crippen LogP contribution in [0.1, 0.15) is 25.0 Å². The number of piperazine rings is 1. The standard InChI is InChI=1S/C15H19F3N2O/c1-10-8-20(9-11(2)19-10)14(21)7-12-5-3-4-6-13(12)15(16,17)18/h3-6,10-11,19H,7-9H2,1-2H3.